The molecule has 0 saturated carbocycles. The highest BCUT2D eigenvalue weighted by atomic mass is 32.2. The third kappa shape index (κ3) is 7.31. The van der Waals surface area contributed by atoms with E-state index < -0.39 is 5.97 Å². The van der Waals surface area contributed by atoms with Crippen LogP contribution in [0, 0.1) is 0 Å². The molecule has 0 radical (unpaired) electrons. The molecule has 0 unspecified atom stereocenters. The Balaban J connectivity index is 1.42. The number of methoxy groups -OCH3 is 1. The van der Waals surface area contributed by atoms with Gasteiger partial charge in [-0.1, -0.05) is 30.3 Å². The summed E-state index contributed by atoms with van der Waals surface area (Å²) < 4.78 is 10.4. The fourth-order valence-electron chi connectivity index (χ4n) is 2.56. The number of hydrogen-bond donors (Lipinski definition) is 1. The summed E-state index contributed by atoms with van der Waals surface area (Å²) in [6.07, 6.45) is 1.54. The first-order valence-corrected chi connectivity index (χ1v) is 10.7. The molecule has 0 atom stereocenters. The second-order valence-electron chi connectivity index (χ2n) is 6.46. The minimum absolute atomic E-state index is 0.165. The summed E-state index contributed by atoms with van der Waals surface area (Å²) in [5, 5.41) is 3.96. The first-order valence-electron chi connectivity index (χ1n) is 9.54. The summed E-state index contributed by atoms with van der Waals surface area (Å²) in [7, 11) is 1.56. The van der Waals surface area contributed by atoms with Crippen molar-refractivity contribution in [2.24, 2.45) is 5.10 Å². The van der Waals surface area contributed by atoms with E-state index in [-0.39, 0.29) is 5.91 Å². The lowest BCUT2D eigenvalue weighted by molar-refractivity contribution is -0.118. The van der Waals surface area contributed by atoms with Gasteiger partial charge in [0.2, 0.25) is 5.91 Å². The maximum atomic E-state index is 12.2. The molecule has 0 aliphatic rings. The van der Waals surface area contributed by atoms with Crippen molar-refractivity contribution in [1.82, 2.24) is 5.43 Å². The van der Waals surface area contributed by atoms with Gasteiger partial charge in [-0.2, -0.15) is 5.10 Å². The van der Waals surface area contributed by atoms with Crippen LogP contribution in [0.2, 0.25) is 0 Å². The van der Waals surface area contributed by atoms with Crippen LogP contribution in [0.25, 0.3) is 0 Å². The third-order valence-electron chi connectivity index (χ3n) is 4.16. The Kier molecular flexibility index (Phi) is 8.25. The molecule has 31 heavy (non-hydrogen) atoms. The summed E-state index contributed by atoms with van der Waals surface area (Å²) in [5.41, 5.74) is 4.88. The van der Waals surface area contributed by atoms with Crippen LogP contribution in [0.3, 0.4) is 0 Å². The molecule has 158 valence electrons. The molecule has 0 spiro atoms. The van der Waals surface area contributed by atoms with Crippen molar-refractivity contribution in [3.63, 3.8) is 0 Å². The lowest BCUT2D eigenvalue weighted by Crippen LogP contribution is -2.19. The van der Waals surface area contributed by atoms with E-state index in [1.807, 2.05) is 30.3 Å². The number of nitrogens with one attached hydrogen (secondary N) is 1. The van der Waals surface area contributed by atoms with Crippen molar-refractivity contribution < 1.29 is 19.1 Å². The van der Waals surface area contributed by atoms with E-state index in [4.69, 9.17) is 9.47 Å². The number of hydrazone groups is 1. The SMILES string of the molecule is COc1ccc(C(=O)Oc2ccc(/C=N/NC(=O)CSCc3ccccc3)cc2)cc1. The molecule has 0 bridgehead atoms. The highest BCUT2D eigenvalue weighted by Crippen LogP contribution is 2.16. The molecule has 1 amide bonds. The largest absolute Gasteiger partial charge is 0.497 e. The van der Waals surface area contributed by atoms with Crippen LogP contribution in [0.5, 0.6) is 11.5 Å². The Morgan fingerprint density at radius 3 is 2.29 bits per heavy atom. The molecule has 3 aromatic rings. The van der Waals surface area contributed by atoms with Gasteiger partial charge in [0.05, 0.1) is 24.6 Å². The summed E-state index contributed by atoms with van der Waals surface area (Å²) in [4.78, 5) is 24.0. The monoisotopic (exact) mass is 434 g/mol. The van der Waals surface area contributed by atoms with Crippen LogP contribution in [-0.4, -0.2) is 31.0 Å². The average Bonchev–Trinajstić information content (AvgIpc) is 2.81. The molecule has 6 nitrogen and oxygen atoms in total. The van der Waals surface area contributed by atoms with Crippen LogP contribution in [-0.2, 0) is 10.5 Å². The first kappa shape index (κ1) is 22.1. The molecule has 0 saturated heterocycles. The van der Waals surface area contributed by atoms with Crippen molar-refractivity contribution in [2.75, 3.05) is 12.9 Å². The van der Waals surface area contributed by atoms with Gasteiger partial charge < -0.3 is 9.47 Å². The quantitative estimate of drug-likeness (QED) is 0.235. The van der Waals surface area contributed by atoms with Crippen molar-refractivity contribution in [3.05, 3.63) is 95.6 Å². The number of nitrogens with zero attached hydrogens (tertiary/aromatic N) is 1. The zero-order valence-electron chi connectivity index (χ0n) is 17.0. The molecule has 7 heteroatoms. The fourth-order valence-corrected chi connectivity index (χ4v) is 3.34. The van der Waals surface area contributed by atoms with E-state index in [0.29, 0.717) is 22.8 Å². The molecule has 1 N–H and O–H groups in total. The van der Waals surface area contributed by atoms with Crippen LogP contribution >= 0.6 is 11.8 Å². The fraction of sp³-hybridized carbons (Fsp3) is 0.125. The zero-order valence-corrected chi connectivity index (χ0v) is 17.8. The van der Waals surface area contributed by atoms with Gasteiger partial charge in [0, 0.05) is 5.75 Å². The molecule has 0 aromatic heterocycles. The van der Waals surface area contributed by atoms with E-state index in [0.717, 1.165) is 11.3 Å². The number of thioether (sulfide) groups is 1. The Morgan fingerprint density at radius 2 is 1.61 bits per heavy atom. The van der Waals surface area contributed by atoms with Crippen LogP contribution < -0.4 is 14.9 Å². The van der Waals surface area contributed by atoms with E-state index in [1.165, 1.54) is 23.5 Å². The topological polar surface area (TPSA) is 77.0 Å². The summed E-state index contributed by atoms with van der Waals surface area (Å²) in [6, 6.07) is 23.5. The molecule has 3 rings (SSSR count). The average molecular weight is 435 g/mol. The number of ether oxygens (including phenoxy) is 2. The molecule has 0 fully saturated rings. The first-order chi connectivity index (χ1) is 15.1. The highest BCUT2D eigenvalue weighted by Gasteiger charge is 2.08. The summed E-state index contributed by atoms with van der Waals surface area (Å²) in [6.45, 7) is 0. The smallest absolute Gasteiger partial charge is 0.343 e. The van der Waals surface area contributed by atoms with Gasteiger partial charge in [0.25, 0.3) is 0 Å². The molecule has 0 aliphatic heterocycles. The minimum atomic E-state index is -0.454. The number of amides is 1. The molecular weight excluding hydrogens is 412 g/mol. The van der Waals surface area contributed by atoms with Gasteiger partial charge in [-0.15, -0.1) is 11.8 Å². The predicted molar refractivity (Wildman–Crippen MR) is 123 cm³/mol. The second-order valence-corrected chi connectivity index (χ2v) is 7.44. The van der Waals surface area contributed by atoms with E-state index in [9.17, 15) is 9.59 Å². The van der Waals surface area contributed by atoms with Crippen LogP contribution in [0.4, 0.5) is 0 Å². The van der Waals surface area contributed by atoms with Gasteiger partial charge in [-0.05, 0) is 59.7 Å². The van der Waals surface area contributed by atoms with Gasteiger partial charge in [0.15, 0.2) is 0 Å². The number of benzene rings is 3. The van der Waals surface area contributed by atoms with Crippen LogP contribution in [0.15, 0.2) is 84.0 Å². The summed E-state index contributed by atoms with van der Waals surface area (Å²) >= 11 is 1.53. The van der Waals surface area contributed by atoms with E-state index >= 15 is 0 Å². The highest BCUT2D eigenvalue weighted by molar-refractivity contribution is 7.99. The van der Waals surface area contributed by atoms with E-state index in [1.54, 1.807) is 55.6 Å². The van der Waals surface area contributed by atoms with Crippen molar-refractivity contribution in [1.29, 1.82) is 0 Å². The normalized spacial score (nSPS) is 10.6. The maximum Gasteiger partial charge on any atom is 0.343 e. The predicted octanol–water partition coefficient (Wildman–Crippen LogP) is 4.30. The number of esters is 1. The Hall–Kier alpha value is -3.58. The van der Waals surface area contributed by atoms with E-state index in [2.05, 4.69) is 10.5 Å². The number of rotatable bonds is 9. The van der Waals surface area contributed by atoms with Crippen molar-refractivity contribution >= 4 is 29.9 Å². The number of hydrogen-bond acceptors (Lipinski definition) is 6. The standard InChI is InChI=1S/C24H22N2O4S/c1-29-21-13-9-20(10-14-21)24(28)30-22-11-7-18(8-12-22)15-25-26-23(27)17-31-16-19-5-3-2-4-6-19/h2-15H,16-17H2,1H3,(H,26,27)/b25-15+. The molecule has 0 heterocycles. The Bertz CT molecular complexity index is 1020. The van der Waals surface area contributed by atoms with Gasteiger partial charge in [-0.3, -0.25) is 4.79 Å². The van der Waals surface area contributed by atoms with Gasteiger partial charge in [-0.25, -0.2) is 10.2 Å². The molecular formula is C24H22N2O4S. The zero-order chi connectivity index (χ0) is 21.9. The third-order valence-corrected chi connectivity index (χ3v) is 5.17. The lowest BCUT2D eigenvalue weighted by Gasteiger charge is -2.05. The lowest BCUT2D eigenvalue weighted by atomic mass is 10.2. The van der Waals surface area contributed by atoms with Crippen molar-refractivity contribution in [2.45, 2.75) is 5.75 Å². The van der Waals surface area contributed by atoms with Crippen LogP contribution in [0.1, 0.15) is 21.5 Å². The second kappa shape index (κ2) is 11.6. The van der Waals surface area contributed by atoms with Crippen molar-refractivity contribution in [3.8, 4) is 11.5 Å². The van der Waals surface area contributed by atoms with Gasteiger partial charge in [0.1, 0.15) is 11.5 Å². The Labute approximate surface area is 185 Å². The molecule has 0 aliphatic carbocycles. The number of carbonyl (C=O) groups excluding carboxylic acids is 2. The Morgan fingerprint density at radius 1 is 0.935 bits per heavy atom. The van der Waals surface area contributed by atoms with Gasteiger partial charge >= 0.3 is 5.97 Å². The summed E-state index contributed by atoms with van der Waals surface area (Å²) in [5.74, 6) is 1.56. The molecule has 3 aromatic carbocycles. The maximum absolute atomic E-state index is 12.2. The number of carbonyl (C=O) groups is 2. The minimum Gasteiger partial charge on any atom is -0.497 e.